The molecule has 6 heteroatoms. The molecule has 1 aromatic rings. The lowest BCUT2D eigenvalue weighted by molar-refractivity contribution is -0.133. The van der Waals surface area contributed by atoms with Crippen LogP contribution in [-0.2, 0) is 9.59 Å². The topological polar surface area (TPSA) is 49.4 Å². The van der Waals surface area contributed by atoms with E-state index in [0.717, 1.165) is 0 Å². The van der Waals surface area contributed by atoms with Crippen molar-refractivity contribution in [1.82, 2.24) is 10.2 Å². The molecule has 2 rings (SSSR count). The monoisotopic (exact) mass is 282 g/mol. The number of rotatable bonds is 4. The first-order valence-corrected chi connectivity index (χ1v) is 7.10. The van der Waals surface area contributed by atoms with E-state index in [9.17, 15) is 14.0 Å². The number of halogens is 1. The molecular formula is C13H15FN2O2S. The predicted molar refractivity (Wildman–Crippen MR) is 72.0 cm³/mol. The van der Waals surface area contributed by atoms with Gasteiger partial charge in [-0.05, 0) is 13.0 Å². The summed E-state index contributed by atoms with van der Waals surface area (Å²) in [4.78, 5) is 24.8. The molecule has 4 nitrogen and oxygen atoms in total. The fourth-order valence-electron chi connectivity index (χ4n) is 1.97. The Kier molecular flexibility index (Phi) is 4.42. The average Bonchev–Trinajstić information content (AvgIpc) is 2.72. The van der Waals surface area contributed by atoms with Crippen molar-refractivity contribution in [1.29, 1.82) is 0 Å². The van der Waals surface area contributed by atoms with Gasteiger partial charge in [0.1, 0.15) is 17.7 Å². The van der Waals surface area contributed by atoms with Crippen LogP contribution in [0.4, 0.5) is 4.39 Å². The van der Waals surface area contributed by atoms with Crippen molar-refractivity contribution in [3.8, 4) is 0 Å². The van der Waals surface area contributed by atoms with Gasteiger partial charge in [-0.3, -0.25) is 9.59 Å². The van der Waals surface area contributed by atoms with Crippen LogP contribution in [0, 0.1) is 5.82 Å². The molecule has 1 aromatic carbocycles. The number of amides is 2. The molecular weight excluding hydrogens is 267 g/mol. The van der Waals surface area contributed by atoms with Gasteiger partial charge in [0, 0.05) is 12.1 Å². The Morgan fingerprint density at radius 3 is 2.95 bits per heavy atom. The molecule has 19 heavy (non-hydrogen) atoms. The molecule has 0 spiro atoms. The number of carbonyl (C=O) groups excluding carboxylic acids is 2. The molecule has 1 fully saturated rings. The minimum absolute atomic E-state index is 0.0291. The summed E-state index contributed by atoms with van der Waals surface area (Å²) < 4.78 is 13.8. The van der Waals surface area contributed by atoms with Gasteiger partial charge in [0.15, 0.2) is 0 Å². The van der Waals surface area contributed by atoms with Crippen LogP contribution in [0.2, 0.25) is 0 Å². The second kappa shape index (κ2) is 6.06. The van der Waals surface area contributed by atoms with Gasteiger partial charge in [0.25, 0.3) is 0 Å². The molecule has 0 radical (unpaired) electrons. The number of likely N-dealkylation sites (N-methyl/N-ethyl adjacent to an activating group) is 1. The Morgan fingerprint density at radius 2 is 2.26 bits per heavy atom. The summed E-state index contributed by atoms with van der Waals surface area (Å²) in [6, 6.07) is 6.35. The number of hydrogen-bond donors (Lipinski definition) is 1. The molecule has 1 aliphatic heterocycles. The van der Waals surface area contributed by atoms with Gasteiger partial charge in [0.2, 0.25) is 11.8 Å². The van der Waals surface area contributed by atoms with Gasteiger partial charge in [-0.1, -0.05) is 18.2 Å². The van der Waals surface area contributed by atoms with E-state index in [4.69, 9.17) is 0 Å². The number of nitrogens with one attached hydrogen (secondary N) is 1. The maximum Gasteiger partial charge on any atom is 0.239 e. The summed E-state index contributed by atoms with van der Waals surface area (Å²) in [7, 11) is 0. The van der Waals surface area contributed by atoms with Gasteiger partial charge < -0.3 is 10.2 Å². The number of nitrogens with zero attached hydrogens (tertiary/aromatic N) is 1. The quantitative estimate of drug-likeness (QED) is 0.911. The van der Waals surface area contributed by atoms with Crippen LogP contribution in [0.5, 0.6) is 0 Å². The lowest BCUT2D eigenvalue weighted by Crippen LogP contribution is -2.39. The summed E-state index contributed by atoms with van der Waals surface area (Å²) in [6.07, 6.45) is 0. The van der Waals surface area contributed by atoms with Gasteiger partial charge >= 0.3 is 0 Å². The molecule has 1 heterocycles. The van der Waals surface area contributed by atoms with Gasteiger partial charge in [-0.15, -0.1) is 11.8 Å². The minimum Gasteiger partial charge on any atom is -0.355 e. The van der Waals surface area contributed by atoms with Crippen molar-refractivity contribution < 1.29 is 14.0 Å². The van der Waals surface area contributed by atoms with Crippen LogP contribution >= 0.6 is 11.8 Å². The highest BCUT2D eigenvalue weighted by Gasteiger charge is 2.35. The lowest BCUT2D eigenvalue weighted by atomic mass is 10.2. The van der Waals surface area contributed by atoms with E-state index < -0.39 is 5.37 Å². The molecule has 102 valence electrons. The van der Waals surface area contributed by atoms with Crippen molar-refractivity contribution in [2.24, 2.45) is 0 Å². The molecule has 0 aliphatic carbocycles. The van der Waals surface area contributed by atoms with E-state index >= 15 is 0 Å². The number of carbonyl (C=O) groups is 2. The Bertz CT molecular complexity index is 495. The molecule has 1 aliphatic rings. The van der Waals surface area contributed by atoms with Crippen LogP contribution in [0.15, 0.2) is 24.3 Å². The average molecular weight is 282 g/mol. The second-order valence-corrected chi connectivity index (χ2v) is 5.23. The zero-order valence-electron chi connectivity index (χ0n) is 10.6. The first-order chi connectivity index (χ1) is 9.13. The van der Waals surface area contributed by atoms with Crippen LogP contribution < -0.4 is 5.32 Å². The molecule has 0 aromatic heterocycles. The summed E-state index contributed by atoms with van der Waals surface area (Å²) in [5.74, 6) is -0.432. The molecule has 0 bridgehead atoms. The van der Waals surface area contributed by atoms with Crippen LogP contribution in [0.3, 0.4) is 0 Å². The zero-order chi connectivity index (χ0) is 13.8. The Labute approximate surface area is 115 Å². The molecule has 1 saturated heterocycles. The van der Waals surface area contributed by atoms with Crippen molar-refractivity contribution in [2.75, 3.05) is 18.8 Å². The highest BCUT2D eigenvalue weighted by molar-refractivity contribution is 8.00. The van der Waals surface area contributed by atoms with Crippen molar-refractivity contribution in [3.05, 3.63) is 35.6 Å². The Hall–Kier alpha value is -1.56. The number of thioether (sulfide) groups is 1. The van der Waals surface area contributed by atoms with E-state index in [2.05, 4.69) is 5.32 Å². The van der Waals surface area contributed by atoms with Crippen LogP contribution in [0.25, 0.3) is 0 Å². The van der Waals surface area contributed by atoms with Crippen LogP contribution in [-0.4, -0.2) is 35.6 Å². The number of hydrogen-bond acceptors (Lipinski definition) is 3. The first kappa shape index (κ1) is 13.9. The van der Waals surface area contributed by atoms with Crippen molar-refractivity contribution in [2.45, 2.75) is 12.3 Å². The van der Waals surface area contributed by atoms with Crippen LogP contribution in [0.1, 0.15) is 17.9 Å². The Morgan fingerprint density at radius 1 is 1.53 bits per heavy atom. The molecule has 0 saturated carbocycles. The van der Waals surface area contributed by atoms with Gasteiger partial charge in [-0.25, -0.2) is 4.39 Å². The van der Waals surface area contributed by atoms with Gasteiger partial charge in [0.05, 0.1) is 5.75 Å². The SMILES string of the molecule is CCNC(=O)CN1C(=O)CS[C@H]1c1ccccc1F. The predicted octanol–water partition coefficient (Wildman–Crippen LogP) is 1.54. The normalized spacial score (nSPS) is 18.7. The Balaban J connectivity index is 2.18. The van der Waals surface area contributed by atoms with E-state index in [1.807, 2.05) is 6.92 Å². The number of benzene rings is 1. The molecule has 0 unspecified atom stereocenters. The molecule has 1 N–H and O–H groups in total. The fraction of sp³-hybridized carbons (Fsp3) is 0.385. The van der Waals surface area contributed by atoms with Gasteiger partial charge in [-0.2, -0.15) is 0 Å². The summed E-state index contributed by atoms with van der Waals surface area (Å²) in [5, 5.41) is 2.22. The maximum absolute atomic E-state index is 13.8. The third-order valence-corrected chi connectivity index (χ3v) is 4.07. The van der Waals surface area contributed by atoms with Crippen molar-refractivity contribution in [3.63, 3.8) is 0 Å². The summed E-state index contributed by atoms with van der Waals surface area (Å²) >= 11 is 1.34. The summed E-state index contributed by atoms with van der Waals surface area (Å²) in [5.41, 5.74) is 0.447. The van der Waals surface area contributed by atoms with Crippen molar-refractivity contribution >= 4 is 23.6 Å². The fourth-order valence-corrected chi connectivity index (χ4v) is 3.17. The molecule has 1 atom stereocenters. The van der Waals surface area contributed by atoms with E-state index in [-0.39, 0.29) is 29.9 Å². The minimum atomic E-state index is -0.420. The smallest absolute Gasteiger partial charge is 0.239 e. The lowest BCUT2D eigenvalue weighted by Gasteiger charge is -2.23. The maximum atomic E-state index is 13.8. The first-order valence-electron chi connectivity index (χ1n) is 6.05. The van der Waals surface area contributed by atoms with E-state index in [1.54, 1.807) is 18.2 Å². The second-order valence-electron chi connectivity index (χ2n) is 4.16. The third kappa shape index (κ3) is 3.07. The summed E-state index contributed by atoms with van der Waals surface area (Å²) in [6.45, 7) is 2.30. The molecule has 2 amide bonds. The largest absolute Gasteiger partial charge is 0.355 e. The van der Waals surface area contributed by atoms with E-state index in [1.165, 1.54) is 22.7 Å². The highest BCUT2D eigenvalue weighted by atomic mass is 32.2. The third-order valence-electron chi connectivity index (χ3n) is 2.83. The standard InChI is InChI=1S/C13H15FN2O2S/c1-2-15-11(17)7-16-12(18)8-19-13(16)9-5-3-4-6-10(9)14/h3-6,13H,2,7-8H2,1H3,(H,15,17)/t13-/m0/s1. The van der Waals surface area contributed by atoms with E-state index in [0.29, 0.717) is 12.1 Å². The highest BCUT2D eigenvalue weighted by Crippen LogP contribution is 2.39. The zero-order valence-corrected chi connectivity index (χ0v) is 11.4.